The number of benzene rings is 1. The van der Waals surface area contributed by atoms with Crippen LogP contribution < -0.4 is 0 Å². The highest BCUT2D eigenvalue weighted by Gasteiger charge is 2.41. The maximum atomic E-state index is 12.9. The van der Waals surface area contributed by atoms with Crippen LogP contribution in [0.4, 0.5) is 4.39 Å². The molecular formula is C10H11FO. The van der Waals surface area contributed by atoms with E-state index in [1.54, 1.807) is 13.0 Å². The summed E-state index contributed by atoms with van der Waals surface area (Å²) in [5.41, 5.74) is 1.61. The lowest BCUT2D eigenvalue weighted by Crippen LogP contribution is -2.02. The Bertz CT molecular complexity index is 316. The maximum Gasteiger partial charge on any atom is 0.126 e. The van der Waals surface area contributed by atoms with Crippen molar-refractivity contribution in [3.63, 3.8) is 0 Å². The van der Waals surface area contributed by atoms with Crippen molar-refractivity contribution in [2.45, 2.75) is 19.4 Å². The number of ether oxygens (including phenoxy) is 1. The first-order chi connectivity index (χ1) is 5.62. The summed E-state index contributed by atoms with van der Waals surface area (Å²) in [7, 11) is 0. The first kappa shape index (κ1) is 7.74. The van der Waals surface area contributed by atoms with E-state index in [0.717, 1.165) is 12.2 Å². The van der Waals surface area contributed by atoms with Crippen molar-refractivity contribution >= 4 is 0 Å². The maximum absolute atomic E-state index is 12.9. The van der Waals surface area contributed by atoms with E-state index in [4.69, 9.17) is 4.74 Å². The average Bonchev–Trinajstić information content (AvgIpc) is 2.75. The van der Waals surface area contributed by atoms with E-state index in [0.29, 0.717) is 5.56 Å². The smallest absolute Gasteiger partial charge is 0.126 e. The van der Waals surface area contributed by atoms with E-state index in [2.05, 4.69) is 0 Å². The second kappa shape index (κ2) is 2.30. The Hall–Kier alpha value is -0.890. The lowest BCUT2D eigenvalue weighted by atomic mass is 10.0. The van der Waals surface area contributed by atoms with Crippen LogP contribution in [-0.4, -0.2) is 6.61 Å². The number of halogens is 1. The summed E-state index contributed by atoms with van der Waals surface area (Å²) >= 11 is 0. The second-order valence-corrected chi connectivity index (χ2v) is 3.48. The molecule has 0 aromatic heterocycles. The van der Waals surface area contributed by atoms with Crippen molar-refractivity contribution < 1.29 is 9.13 Å². The van der Waals surface area contributed by atoms with Crippen molar-refractivity contribution in [3.8, 4) is 0 Å². The van der Waals surface area contributed by atoms with Crippen LogP contribution >= 0.6 is 0 Å². The Kier molecular flexibility index (Phi) is 1.48. The summed E-state index contributed by atoms with van der Waals surface area (Å²) in [6.45, 7) is 4.53. The summed E-state index contributed by atoms with van der Waals surface area (Å²) in [4.78, 5) is 0. The number of epoxide rings is 1. The highest BCUT2D eigenvalue weighted by molar-refractivity contribution is 5.30. The summed E-state index contributed by atoms with van der Waals surface area (Å²) in [5.74, 6) is -0.150. The van der Waals surface area contributed by atoms with Gasteiger partial charge in [0.2, 0.25) is 0 Å². The normalized spacial score (nSPS) is 27.2. The van der Waals surface area contributed by atoms with Crippen molar-refractivity contribution in [2.24, 2.45) is 0 Å². The lowest BCUT2D eigenvalue weighted by molar-refractivity contribution is 0.329. The fourth-order valence-corrected chi connectivity index (χ4v) is 1.25. The van der Waals surface area contributed by atoms with Gasteiger partial charge in [-0.3, -0.25) is 0 Å². The van der Waals surface area contributed by atoms with Crippen LogP contribution in [0.1, 0.15) is 18.1 Å². The molecule has 1 nitrogen and oxygen atoms in total. The topological polar surface area (TPSA) is 12.5 Å². The van der Waals surface area contributed by atoms with E-state index in [1.165, 1.54) is 6.07 Å². The molecule has 1 aromatic carbocycles. The van der Waals surface area contributed by atoms with E-state index in [9.17, 15) is 4.39 Å². The monoisotopic (exact) mass is 166 g/mol. The molecule has 0 bridgehead atoms. The Morgan fingerprint density at radius 1 is 1.50 bits per heavy atom. The van der Waals surface area contributed by atoms with E-state index < -0.39 is 0 Å². The molecule has 1 heterocycles. The van der Waals surface area contributed by atoms with Crippen molar-refractivity contribution in [2.75, 3.05) is 6.61 Å². The van der Waals surface area contributed by atoms with Crippen LogP contribution in [0.15, 0.2) is 18.2 Å². The zero-order chi connectivity index (χ0) is 8.77. The Balaban J connectivity index is 2.41. The highest BCUT2D eigenvalue weighted by Crippen LogP contribution is 2.38. The molecule has 2 heteroatoms. The number of hydrogen-bond donors (Lipinski definition) is 0. The van der Waals surface area contributed by atoms with Gasteiger partial charge in [0, 0.05) is 0 Å². The zero-order valence-corrected chi connectivity index (χ0v) is 7.23. The van der Waals surface area contributed by atoms with Gasteiger partial charge in [0.1, 0.15) is 11.4 Å². The Morgan fingerprint density at radius 2 is 2.17 bits per heavy atom. The molecule has 1 unspecified atom stereocenters. The van der Waals surface area contributed by atoms with Gasteiger partial charge in [-0.2, -0.15) is 0 Å². The van der Waals surface area contributed by atoms with Crippen LogP contribution in [-0.2, 0) is 10.3 Å². The van der Waals surface area contributed by atoms with Crippen molar-refractivity contribution in [1.82, 2.24) is 0 Å². The van der Waals surface area contributed by atoms with Gasteiger partial charge in [0.05, 0.1) is 6.61 Å². The van der Waals surface area contributed by atoms with Gasteiger partial charge in [-0.05, 0) is 31.0 Å². The SMILES string of the molecule is Cc1cc(C2(C)CO2)ccc1F. The molecule has 0 amide bonds. The van der Waals surface area contributed by atoms with Crippen molar-refractivity contribution in [3.05, 3.63) is 35.1 Å². The lowest BCUT2D eigenvalue weighted by Gasteiger charge is -2.06. The predicted octanol–water partition coefficient (Wildman–Crippen LogP) is 2.38. The first-order valence-corrected chi connectivity index (χ1v) is 4.02. The molecule has 0 saturated carbocycles. The van der Waals surface area contributed by atoms with Gasteiger partial charge in [-0.25, -0.2) is 4.39 Å². The summed E-state index contributed by atoms with van der Waals surface area (Å²) < 4.78 is 18.1. The summed E-state index contributed by atoms with van der Waals surface area (Å²) in [6, 6.07) is 5.13. The highest BCUT2D eigenvalue weighted by atomic mass is 19.1. The Labute approximate surface area is 71.2 Å². The van der Waals surface area contributed by atoms with Gasteiger partial charge < -0.3 is 4.74 Å². The van der Waals surface area contributed by atoms with Gasteiger partial charge in [0.25, 0.3) is 0 Å². The molecule has 1 aromatic rings. The average molecular weight is 166 g/mol. The summed E-state index contributed by atoms with van der Waals surface area (Å²) in [5, 5.41) is 0. The third-order valence-corrected chi connectivity index (χ3v) is 2.35. The molecule has 0 spiro atoms. The van der Waals surface area contributed by atoms with Gasteiger partial charge >= 0.3 is 0 Å². The molecule has 1 aliphatic heterocycles. The minimum Gasteiger partial charge on any atom is -0.365 e. The van der Waals surface area contributed by atoms with Crippen LogP contribution in [0.5, 0.6) is 0 Å². The fraction of sp³-hybridized carbons (Fsp3) is 0.400. The molecule has 1 saturated heterocycles. The molecule has 1 atom stereocenters. The van der Waals surface area contributed by atoms with Gasteiger partial charge in [-0.15, -0.1) is 0 Å². The first-order valence-electron chi connectivity index (χ1n) is 4.02. The quantitative estimate of drug-likeness (QED) is 0.583. The zero-order valence-electron chi connectivity index (χ0n) is 7.23. The third kappa shape index (κ3) is 1.12. The molecule has 1 aliphatic rings. The van der Waals surface area contributed by atoms with Gasteiger partial charge in [-0.1, -0.05) is 12.1 Å². The molecule has 0 radical (unpaired) electrons. The van der Waals surface area contributed by atoms with Crippen molar-refractivity contribution in [1.29, 1.82) is 0 Å². The number of rotatable bonds is 1. The second-order valence-electron chi connectivity index (χ2n) is 3.48. The fourth-order valence-electron chi connectivity index (χ4n) is 1.25. The van der Waals surface area contributed by atoms with Crippen LogP contribution in [0.2, 0.25) is 0 Å². The molecule has 64 valence electrons. The van der Waals surface area contributed by atoms with Crippen LogP contribution in [0, 0.1) is 12.7 Å². The molecule has 12 heavy (non-hydrogen) atoms. The molecule has 2 rings (SSSR count). The summed E-state index contributed by atoms with van der Waals surface area (Å²) in [6.07, 6.45) is 0. The molecule has 0 aliphatic carbocycles. The van der Waals surface area contributed by atoms with E-state index in [1.807, 2.05) is 13.0 Å². The standard InChI is InChI=1S/C10H11FO/c1-7-5-8(3-4-9(7)11)10(2)6-12-10/h3-5H,6H2,1-2H3. The van der Waals surface area contributed by atoms with E-state index >= 15 is 0 Å². The third-order valence-electron chi connectivity index (χ3n) is 2.35. The largest absolute Gasteiger partial charge is 0.365 e. The predicted molar refractivity (Wildman–Crippen MR) is 44.4 cm³/mol. The minimum atomic E-state index is -0.150. The Morgan fingerprint density at radius 3 is 2.67 bits per heavy atom. The van der Waals surface area contributed by atoms with E-state index in [-0.39, 0.29) is 11.4 Å². The molecule has 1 fully saturated rings. The minimum absolute atomic E-state index is 0.140. The van der Waals surface area contributed by atoms with Crippen LogP contribution in [0.25, 0.3) is 0 Å². The number of aryl methyl sites for hydroxylation is 1. The number of hydrogen-bond acceptors (Lipinski definition) is 1. The molecule has 0 N–H and O–H groups in total. The van der Waals surface area contributed by atoms with Gasteiger partial charge in [0.15, 0.2) is 0 Å². The van der Waals surface area contributed by atoms with Crippen LogP contribution in [0.3, 0.4) is 0 Å². The molecular weight excluding hydrogens is 155 g/mol.